The van der Waals surface area contributed by atoms with Gasteiger partial charge in [0.05, 0.1) is 44.9 Å². The highest BCUT2D eigenvalue weighted by atomic mass is 16.5. The van der Waals surface area contributed by atoms with Gasteiger partial charge in [-0.1, -0.05) is 92.1 Å². The van der Waals surface area contributed by atoms with Crippen LogP contribution in [0.25, 0.3) is 16.6 Å². The van der Waals surface area contributed by atoms with Crippen molar-refractivity contribution in [2.45, 2.75) is 171 Å². The van der Waals surface area contributed by atoms with E-state index in [1.165, 1.54) is 55.2 Å². The predicted molar refractivity (Wildman–Crippen MR) is 322 cm³/mol. The number of aliphatic hydroxyl groups excluding tert-OH is 2. The van der Waals surface area contributed by atoms with Crippen LogP contribution in [0.3, 0.4) is 0 Å². The number of nitrogens with one attached hydrogen (secondary N) is 2. The van der Waals surface area contributed by atoms with Crippen molar-refractivity contribution in [2.24, 2.45) is 11.8 Å². The molecule has 434 valence electrons. The quantitative estimate of drug-likeness (QED) is 0.0487. The van der Waals surface area contributed by atoms with Gasteiger partial charge in [0.1, 0.15) is 30.1 Å². The van der Waals surface area contributed by atoms with Gasteiger partial charge in [0.15, 0.2) is 11.5 Å². The molecular formula is C71H81N3O9. The molecule has 1 unspecified atom stereocenters. The van der Waals surface area contributed by atoms with Gasteiger partial charge in [-0.3, -0.25) is 5.32 Å². The van der Waals surface area contributed by atoms with E-state index in [4.69, 9.17) is 18.9 Å². The first-order valence-electron chi connectivity index (χ1n) is 31.0. The molecule has 6 bridgehead atoms. The molecule has 1 aromatic heterocycles. The topological polar surface area (TPSA) is 167 Å². The summed E-state index contributed by atoms with van der Waals surface area (Å²) in [5.74, 6) is 9.50. The summed E-state index contributed by atoms with van der Waals surface area (Å²) in [6.45, 7) is 1.95. The molecule has 2 saturated carbocycles. The number of phenolic OH excluding ortho intramolecular Hbond substituents is 3. The molecule has 7 N–H and O–H groups in total. The number of aromatic nitrogens is 1. The number of aryl methyl sites for hydroxylation is 2. The van der Waals surface area contributed by atoms with Crippen LogP contribution < -0.4 is 15.4 Å². The average Bonchev–Trinajstić information content (AvgIpc) is 2.00. The minimum atomic E-state index is -0.699. The van der Waals surface area contributed by atoms with E-state index in [-0.39, 0.29) is 78.1 Å². The van der Waals surface area contributed by atoms with E-state index in [1.807, 2.05) is 24.3 Å². The second kappa shape index (κ2) is 24.2. The molecule has 3 aliphatic carbocycles. The number of hydrogen-bond donors (Lipinski definition) is 7. The number of aliphatic hydroxyl groups is 2. The number of nitrogens with zero attached hydrogens (tertiary/aromatic N) is 1. The van der Waals surface area contributed by atoms with Gasteiger partial charge in [0, 0.05) is 58.7 Å². The number of benzene rings is 5. The Hall–Kier alpha value is -6.56. The van der Waals surface area contributed by atoms with Crippen molar-refractivity contribution in [3.63, 3.8) is 0 Å². The Kier molecular flexibility index (Phi) is 16.2. The van der Waals surface area contributed by atoms with Crippen molar-refractivity contribution < 1.29 is 44.5 Å². The maximum Gasteiger partial charge on any atom is 0.161 e. The highest BCUT2D eigenvalue weighted by Gasteiger charge is 2.55. The van der Waals surface area contributed by atoms with E-state index in [2.05, 4.69) is 88.0 Å². The molecule has 6 aromatic rings. The van der Waals surface area contributed by atoms with Crippen LogP contribution >= 0.6 is 0 Å². The highest BCUT2D eigenvalue weighted by molar-refractivity contribution is 5.89. The normalized spacial score (nSPS) is 25.3. The largest absolute Gasteiger partial charge is 0.508 e. The number of fused-ring (bicyclic) bond motifs is 10. The summed E-state index contributed by atoms with van der Waals surface area (Å²) in [6.07, 6.45) is 22.8. The van der Waals surface area contributed by atoms with Crippen molar-refractivity contribution >= 4 is 16.6 Å². The van der Waals surface area contributed by atoms with Crippen molar-refractivity contribution in [1.82, 2.24) is 15.2 Å². The maximum absolute atomic E-state index is 11.9. The molecule has 5 aromatic carbocycles. The summed E-state index contributed by atoms with van der Waals surface area (Å²) in [5, 5.41) is 64.9. The zero-order valence-corrected chi connectivity index (χ0v) is 47.9. The van der Waals surface area contributed by atoms with Crippen molar-refractivity contribution in [3.8, 4) is 34.8 Å². The molecule has 5 heterocycles. The SMILES string of the molecule is OCc1cc(O)c2cc1CC[C@@H](O)C[C@@H]1CCC[C@@H](CCc3ccc(O)c(Cc4cccc(O)c4)c3)C#CC3=CC(NCOC4CCCC4)NC(=C3CO1)n1cc3cc([C@@]45CCOC[C@@H]4CC4(CCCC4)c4ccccc45)cc(c3c1)CO2. The monoisotopic (exact) mass is 1120 g/mol. The first kappa shape index (κ1) is 55.6. The Balaban J connectivity index is 0.927. The molecule has 1 spiro atoms. The fraction of sp³-hybridized carbons (Fsp3) is 0.465. The molecule has 12 nitrogen and oxygen atoms in total. The van der Waals surface area contributed by atoms with Gasteiger partial charge in [-0.05, 0) is 194 Å². The van der Waals surface area contributed by atoms with E-state index in [9.17, 15) is 25.5 Å². The van der Waals surface area contributed by atoms with Crippen molar-refractivity contribution in [2.75, 3.05) is 26.6 Å². The number of ether oxygens (including phenoxy) is 4. The maximum atomic E-state index is 11.9. The Bertz CT molecular complexity index is 3470. The van der Waals surface area contributed by atoms with Crippen LogP contribution in [0, 0.1) is 23.7 Å². The van der Waals surface area contributed by atoms with Gasteiger partial charge < -0.3 is 54.4 Å². The number of rotatable bonds is 11. The van der Waals surface area contributed by atoms with Crippen LogP contribution in [0.2, 0.25) is 0 Å². The Morgan fingerprint density at radius 1 is 0.783 bits per heavy atom. The smallest absolute Gasteiger partial charge is 0.161 e. The van der Waals surface area contributed by atoms with E-state index < -0.39 is 6.10 Å². The van der Waals surface area contributed by atoms with Crippen molar-refractivity contribution in [3.05, 3.63) is 171 Å². The predicted octanol–water partition coefficient (Wildman–Crippen LogP) is 12.0. The van der Waals surface area contributed by atoms with E-state index in [1.54, 1.807) is 24.3 Å². The summed E-state index contributed by atoms with van der Waals surface area (Å²) in [6, 6.07) is 30.6. The summed E-state index contributed by atoms with van der Waals surface area (Å²) in [5.41, 5.74) is 11.2. The lowest BCUT2D eigenvalue weighted by molar-refractivity contribution is -0.00873. The second-order valence-electron chi connectivity index (χ2n) is 25.1. The zero-order chi connectivity index (χ0) is 56.5. The molecule has 1 saturated heterocycles. The Morgan fingerprint density at radius 2 is 1.65 bits per heavy atom. The van der Waals surface area contributed by atoms with Crippen LogP contribution in [0.1, 0.15) is 153 Å². The minimum absolute atomic E-state index is 0.0315. The highest BCUT2D eigenvalue weighted by Crippen LogP contribution is 2.60. The third-order valence-corrected chi connectivity index (χ3v) is 19.9. The fourth-order valence-corrected chi connectivity index (χ4v) is 15.5. The van der Waals surface area contributed by atoms with Gasteiger partial charge in [0.25, 0.3) is 0 Å². The molecule has 4 aliphatic heterocycles. The Morgan fingerprint density at radius 3 is 2.51 bits per heavy atom. The molecule has 83 heavy (non-hydrogen) atoms. The minimum Gasteiger partial charge on any atom is -0.508 e. The average molecular weight is 1120 g/mol. The second-order valence-corrected chi connectivity index (χ2v) is 25.1. The van der Waals surface area contributed by atoms with Gasteiger partial charge >= 0.3 is 0 Å². The van der Waals surface area contributed by atoms with Crippen LogP contribution in [-0.2, 0) is 57.5 Å². The van der Waals surface area contributed by atoms with Gasteiger partial charge in [0.2, 0.25) is 0 Å². The lowest BCUT2D eigenvalue weighted by Gasteiger charge is -2.54. The lowest BCUT2D eigenvalue weighted by atomic mass is 9.51. The van der Waals surface area contributed by atoms with Crippen LogP contribution in [0.15, 0.2) is 121 Å². The number of phenols is 3. The van der Waals surface area contributed by atoms with Gasteiger partial charge in [-0.15, -0.1) is 0 Å². The van der Waals surface area contributed by atoms with Gasteiger partial charge in [-0.25, -0.2) is 0 Å². The van der Waals surface area contributed by atoms with Gasteiger partial charge in [-0.2, -0.15) is 0 Å². The summed E-state index contributed by atoms with van der Waals surface area (Å²) >= 11 is 0. The number of dihydropyridines is 1. The van der Waals surface area contributed by atoms with Crippen molar-refractivity contribution in [1.29, 1.82) is 0 Å². The summed E-state index contributed by atoms with van der Waals surface area (Å²) in [7, 11) is 0. The van der Waals surface area contributed by atoms with Crippen LogP contribution in [0.5, 0.6) is 23.0 Å². The molecule has 0 radical (unpaired) electrons. The summed E-state index contributed by atoms with van der Waals surface area (Å²) < 4.78 is 29.0. The molecule has 6 atom stereocenters. The molecule has 13 rings (SSSR count). The molecule has 0 amide bonds. The third kappa shape index (κ3) is 11.6. The summed E-state index contributed by atoms with van der Waals surface area (Å²) in [4.78, 5) is 0. The molecule has 7 aliphatic rings. The van der Waals surface area contributed by atoms with Crippen LogP contribution in [0.4, 0.5) is 0 Å². The Labute approximate surface area is 488 Å². The van der Waals surface area contributed by atoms with E-state index in [0.29, 0.717) is 56.9 Å². The molecular weight excluding hydrogens is 1040 g/mol. The third-order valence-electron chi connectivity index (χ3n) is 19.9. The number of hydrogen-bond acceptors (Lipinski definition) is 11. The standard InChI is InChI=1S/C71H81N3O9/c75-41-53-34-66(79)67-35-49(53)22-23-58(77)37-60-14-8-9-46(17-18-47-20-24-65(78)51(29-47)30-48-10-7-11-57(76)31-48)19-21-50-36-68(72-45-83-59-12-1-2-13-59)73-69(62(50)44-81-60)74-39-52-32-55(33-54(42-82-67)61(52)40-74)71-27-28-80-43-56(71)38-70(25-5-6-26-70)63-15-3-4-16-64(63)71/h3-4,7,10-11,15-16,20,24,29,31-36,39-40,46,56,58-60,68,72-73,75-79H,1-2,5-6,8-9,12-14,17-18,22-23,25-28,30,37-38,41-45H2/t46-,56-,58+,60-,68?,71-/m0/s1. The lowest BCUT2D eigenvalue weighted by Crippen LogP contribution is -2.51. The first-order valence-corrected chi connectivity index (χ1v) is 31.0. The van der Waals surface area contributed by atoms with Crippen LogP contribution in [-0.4, -0.2) is 81.1 Å². The fourth-order valence-electron chi connectivity index (χ4n) is 15.5. The molecule has 12 heteroatoms. The van der Waals surface area contributed by atoms with E-state index >= 15 is 0 Å². The van der Waals surface area contributed by atoms with E-state index in [0.717, 1.165) is 113 Å². The molecule has 3 fully saturated rings. The zero-order valence-electron chi connectivity index (χ0n) is 47.9. The number of aromatic hydroxyl groups is 3. The first-order chi connectivity index (χ1) is 40.6.